The van der Waals surface area contributed by atoms with Crippen LogP contribution in [0, 0.1) is 0 Å². The zero-order valence-corrected chi connectivity index (χ0v) is 19.2. The van der Waals surface area contributed by atoms with Crippen LogP contribution in [0.15, 0.2) is 18.2 Å². The third-order valence-corrected chi connectivity index (χ3v) is 9.82. The summed E-state index contributed by atoms with van der Waals surface area (Å²) in [4.78, 5) is 0. The van der Waals surface area contributed by atoms with Crippen LogP contribution in [0.3, 0.4) is 0 Å². The van der Waals surface area contributed by atoms with Gasteiger partial charge in [-0.25, -0.2) is 0 Å². The molecule has 0 saturated carbocycles. The summed E-state index contributed by atoms with van der Waals surface area (Å²) in [6.07, 6.45) is 3.07. The highest BCUT2D eigenvalue weighted by Gasteiger charge is 2.37. The lowest BCUT2D eigenvalue weighted by atomic mass is 10.1. The Morgan fingerprint density at radius 3 is 2.81 bits per heavy atom. The molecule has 0 bridgehead atoms. The molecular weight excluding hydrogens is 431 g/mol. The van der Waals surface area contributed by atoms with Crippen LogP contribution in [0.2, 0.25) is 18.6 Å². The predicted octanol–water partition coefficient (Wildman–Crippen LogP) is 5.06. The highest BCUT2D eigenvalue weighted by atomic mass is 35.8. The average Bonchev–Trinajstić information content (AvgIpc) is 3.38. The first kappa shape index (κ1) is 20.9. The van der Waals surface area contributed by atoms with Crippen LogP contribution < -0.4 is 4.43 Å². The van der Waals surface area contributed by atoms with E-state index in [0.717, 1.165) is 49.8 Å². The van der Waals surface area contributed by atoms with E-state index in [4.69, 9.17) is 51.6 Å². The van der Waals surface area contributed by atoms with Crippen LogP contribution in [0.25, 0.3) is 0 Å². The van der Waals surface area contributed by atoms with Gasteiger partial charge >= 0.3 is 14.6 Å². The maximum Gasteiger partial charge on any atom is 0.396 e. The Morgan fingerprint density at radius 2 is 2.08 bits per heavy atom. The molecule has 0 N–H and O–H groups in total. The molecule has 1 aromatic carbocycles. The Bertz CT molecular complexity index is 610. The maximum absolute atomic E-state index is 6.25. The minimum atomic E-state index is -2.52. The molecule has 1 fully saturated rings. The SMILES string of the molecule is C[Si]1(CCCOCC2CO2)OCc2cc(CCC[Si](Cl)(Cl)Cl)ccc2O1. The number of aryl methyl sites for hydroxylation is 1. The Hall–Kier alpha value is 0.204. The fraction of sp³-hybridized carbons (Fsp3) is 0.647. The number of epoxide rings is 1. The smallest absolute Gasteiger partial charge is 0.396 e. The first-order chi connectivity index (χ1) is 12.3. The van der Waals surface area contributed by atoms with E-state index in [0.29, 0.717) is 25.4 Å². The van der Waals surface area contributed by atoms with Gasteiger partial charge in [-0.15, -0.1) is 33.2 Å². The van der Waals surface area contributed by atoms with Gasteiger partial charge in [0, 0.05) is 18.2 Å². The van der Waals surface area contributed by atoms with Crippen molar-refractivity contribution in [2.24, 2.45) is 0 Å². The van der Waals surface area contributed by atoms with Gasteiger partial charge in [-0.05, 0) is 49.5 Å². The molecule has 0 amide bonds. The number of benzene rings is 1. The topological polar surface area (TPSA) is 40.2 Å². The van der Waals surface area contributed by atoms with E-state index in [-0.39, 0.29) is 0 Å². The Kier molecular flexibility index (Phi) is 7.35. The molecule has 0 radical (unpaired) electrons. The molecule has 26 heavy (non-hydrogen) atoms. The van der Waals surface area contributed by atoms with Crippen LogP contribution in [0.4, 0.5) is 0 Å². The number of hydrogen-bond donors (Lipinski definition) is 0. The summed E-state index contributed by atoms with van der Waals surface area (Å²) in [5, 5.41) is 0. The van der Waals surface area contributed by atoms with Gasteiger partial charge in [0.05, 0.1) is 19.8 Å². The molecule has 0 aliphatic carbocycles. The number of halogens is 3. The van der Waals surface area contributed by atoms with Gasteiger partial charge in [0.2, 0.25) is 0 Å². The predicted molar refractivity (Wildman–Crippen MR) is 110 cm³/mol. The molecule has 2 heterocycles. The lowest BCUT2D eigenvalue weighted by Crippen LogP contribution is -2.44. The van der Waals surface area contributed by atoms with Crippen molar-refractivity contribution in [1.82, 2.24) is 0 Å². The highest BCUT2D eigenvalue weighted by molar-refractivity contribution is 7.64. The number of fused-ring (bicyclic) bond motifs is 1. The number of ether oxygens (including phenoxy) is 2. The number of hydrogen-bond acceptors (Lipinski definition) is 4. The minimum absolute atomic E-state index is 0.322. The van der Waals surface area contributed by atoms with Crippen molar-refractivity contribution >= 4 is 47.8 Å². The molecule has 0 aromatic heterocycles. The van der Waals surface area contributed by atoms with Crippen molar-refractivity contribution in [1.29, 1.82) is 0 Å². The molecule has 4 nitrogen and oxygen atoms in total. The molecular formula is C17H25Cl3O4Si2. The second-order valence-corrected chi connectivity index (χ2v) is 19.6. The summed E-state index contributed by atoms with van der Waals surface area (Å²) in [7, 11) is -2.18. The first-order valence-corrected chi connectivity index (χ1v) is 16.8. The molecule has 2 aliphatic heterocycles. The van der Waals surface area contributed by atoms with Gasteiger partial charge in [0.1, 0.15) is 11.9 Å². The van der Waals surface area contributed by atoms with Crippen LogP contribution >= 0.6 is 33.2 Å². The lowest BCUT2D eigenvalue weighted by Gasteiger charge is -2.33. The van der Waals surface area contributed by atoms with E-state index in [9.17, 15) is 0 Å². The summed E-state index contributed by atoms with van der Waals surface area (Å²) in [5.41, 5.74) is 2.35. The third kappa shape index (κ3) is 6.98. The highest BCUT2D eigenvalue weighted by Crippen LogP contribution is 2.33. The monoisotopic (exact) mass is 454 g/mol. The van der Waals surface area contributed by atoms with Gasteiger partial charge in [0.25, 0.3) is 0 Å². The van der Waals surface area contributed by atoms with Crippen molar-refractivity contribution in [2.75, 3.05) is 19.8 Å². The average molecular weight is 456 g/mol. The normalized spacial score (nSPS) is 24.8. The molecule has 2 aliphatic rings. The summed E-state index contributed by atoms with van der Waals surface area (Å²) in [6, 6.07) is 5.41. The van der Waals surface area contributed by atoms with Crippen molar-refractivity contribution in [3.63, 3.8) is 0 Å². The molecule has 1 aromatic rings. The van der Waals surface area contributed by atoms with E-state index in [1.54, 1.807) is 0 Å². The van der Waals surface area contributed by atoms with E-state index in [1.165, 1.54) is 5.56 Å². The van der Waals surface area contributed by atoms with Crippen LogP contribution in [0.1, 0.15) is 24.0 Å². The van der Waals surface area contributed by atoms with Gasteiger partial charge in [-0.3, -0.25) is 0 Å². The zero-order valence-electron chi connectivity index (χ0n) is 14.9. The van der Waals surface area contributed by atoms with Gasteiger partial charge in [-0.2, -0.15) is 0 Å². The molecule has 9 heteroatoms. The quantitative estimate of drug-likeness (QED) is 0.214. The molecule has 146 valence electrons. The van der Waals surface area contributed by atoms with Gasteiger partial charge in [0.15, 0.2) is 0 Å². The first-order valence-electron chi connectivity index (χ1n) is 9.04. The van der Waals surface area contributed by atoms with Gasteiger partial charge < -0.3 is 18.3 Å². The van der Waals surface area contributed by atoms with E-state index in [2.05, 4.69) is 24.7 Å². The van der Waals surface area contributed by atoms with Crippen LogP contribution in [0.5, 0.6) is 5.75 Å². The van der Waals surface area contributed by atoms with Crippen molar-refractivity contribution in [3.05, 3.63) is 29.3 Å². The van der Waals surface area contributed by atoms with Crippen molar-refractivity contribution in [2.45, 2.75) is 50.6 Å². The maximum atomic E-state index is 6.25. The summed E-state index contributed by atoms with van der Waals surface area (Å²) < 4.78 is 23.1. The Balaban J connectivity index is 1.45. The summed E-state index contributed by atoms with van der Waals surface area (Å²) >= 11 is 17.8. The fourth-order valence-corrected chi connectivity index (χ4v) is 6.98. The van der Waals surface area contributed by atoms with E-state index in [1.807, 2.05) is 0 Å². The summed E-state index contributed by atoms with van der Waals surface area (Å²) in [6.45, 7) is 5.01. The molecule has 0 spiro atoms. The minimum Gasteiger partial charge on any atom is -0.520 e. The zero-order chi connectivity index (χ0) is 18.6. The van der Waals surface area contributed by atoms with Crippen molar-refractivity contribution < 1.29 is 18.3 Å². The van der Waals surface area contributed by atoms with E-state index < -0.39 is 14.6 Å². The van der Waals surface area contributed by atoms with Crippen molar-refractivity contribution in [3.8, 4) is 5.75 Å². The van der Waals surface area contributed by atoms with Crippen LogP contribution in [-0.4, -0.2) is 40.5 Å². The standard InChI is InChI=1S/C17H25Cl3O4Si2/c1-25(8-3-7-21-12-16-13-22-16)23-11-15-10-14(5-6-17(15)24-25)4-2-9-26(18,19)20/h5-6,10,16H,2-4,7-9,11-13H2,1H3. The number of rotatable bonds is 10. The largest absolute Gasteiger partial charge is 0.520 e. The van der Waals surface area contributed by atoms with Gasteiger partial charge in [-0.1, -0.05) is 6.07 Å². The molecule has 2 unspecified atom stereocenters. The third-order valence-electron chi connectivity index (χ3n) is 4.54. The van der Waals surface area contributed by atoms with Crippen LogP contribution in [-0.2, 0) is 26.9 Å². The molecule has 2 atom stereocenters. The Morgan fingerprint density at radius 1 is 1.27 bits per heavy atom. The Labute approximate surface area is 171 Å². The second kappa shape index (κ2) is 9.13. The summed E-state index contributed by atoms with van der Waals surface area (Å²) in [5.74, 6) is 0.956. The van der Waals surface area contributed by atoms with E-state index >= 15 is 0 Å². The molecule has 1 saturated heterocycles. The second-order valence-electron chi connectivity index (χ2n) is 7.07. The lowest BCUT2D eigenvalue weighted by molar-refractivity contribution is 0.114. The molecule has 3 rings (SSSR count). The fourth-order valence-electron chi connectivity index (χ4n) is 2.98.